The third-order valence-corrected chi connectivity index (χ3v) is 8.67. The van der Waals surface area contributed by atoms with Gasteiger partial charge in [-0.3, -0.25) is 0 Å². The fraction of sp³-hybridized carbons (Fsp3) is 0.636. The van der Waals surface area contributed by atoms with Gasteiger partial charge in [-0.15, -0.1) is 13.2 Å². The topological polar surface area (TPSA) is 36.9 Å². The summed E-state index contributed by atoms with van der Waals surface area (Å²) in [5.74, 6) is -7.61. The lowest BCUT2D eigenvalue weighted by Gasteiger charge is -2.37. The van der Waals surface area contributed by atoms with Crippen molar-refractivity contribution in [2.24, 2.45) is 11.8 Å². The van der Waals surface area contributed by atoms with Crippen molar-refractivity contribution in [2.75, 3.05) is 6.61 Å². The summed E-state index contributed by atoms with van der Waals surface area (Å²) >= 11 is 0. The normalized spacial score (nSPS) is 22.7. The van der Waals surface area contributed by atoms with Crippen molar-refractivity contribution in [3.63, 3.8) is 0 Å². The summed E-state index contributed by atoms with van der Waals surface area (Å²) in [4.78, 5) is 0. The summed E-state index contributed by atoms with van der Waals surface area (Å²) in [6.07, 6.45) is -10.4. The summed E-state index contributed by atoms with van der Waals surface area (Å²) in [5.41, 5.74) is -0.276. The van der Waals surface area contributed by atoms with Gasteiger partial charge in [-0.1, -0.05) is 25.8 Å². The summed E-state index contributed by atoms with van der Waals surface area (Å²) in [5, 5.41) is 0. The van der Waals surface area contributed by atoms with Gasteiger partial charge in [0.15, 0.2) is 11.6 Å². The lowest BCUT2D eigenvalue weighted by atomic mass is 9.85. The Labute approximate surface area is 266 Å². The van der Waals surface area contributed by atoms with Crippen LogP contribution in [0.25, 0.3) is 0 Å². The molecule has 2 aromatic carbocycles. The van der Waals surface area contributed by atoms with E-state index in [4.69, 9.17) is 14.2 Å². The second-order valence-electron chi connectivity index (χ2n) is 12.3. The number of alkyl halides is 7. The molecule has 0 unspecified atom stereocenters. The van der Waals surface area contributed by atoms with Crippen molar-refractivity contribution in [1.82, 2.24) is 0 Å². The zero-order valence-electron chi connectivity index (χ0n) is 25.8. The number of aryl methyl sites for hydroxylation is 1. The Bertz CT molecular complexity index is 1280. The molecule has 0 spiro atoms. The van der Waals surface area contributed by atoms with Gasteiger partial charge in [0.2, 0.25) is 5.75 Å². The van der Waals surface area contributed by atoms with E-state index in [-0.39, 0.29) is 56.8 Å². The van der Waals surface area contributed by atoms with Gasteiger partial charge in [-0.25, -0.2) is 13.2 Å². The van der Waals surface area contributed by atoms with Crippen LogP contribution in [0.4, 0.5) is 43.9 Å². The first kappa shape index (κ1) is 37.1. The Balaban J connectivity index is 1.20. The highest BCUT2D eigenvalue weighted by atomic mass is 19.4. The number of halogens is 10. The van der Waals surface area contributed by atoms with Crippen LogP contribution in [0.5, 0.6) is 11.5 Å². The molecule has 4 nitrogen and oxygen atoms in total. The average molecular weight is 689 g/mol. The van der Waals surface area contributed by atoms with E-state index in [0.29, 0.717) is 37.0 Å². The summed E-state index contributed by atoms with van der Waals surface area (Å²) in [6, 6.07) is 4.66. The molecule has 0 amide bonds. The van der Waals surface area contributed by atoms with E-state index in [2.05, 4.69) is 4.74 Å². The van der Waals surface area contributed by atoms with Crippen LogP contribution in [0, 0.1) is 29.3 Å². The average Bonchev–Trinajstić information content (AvgIpc) is 2.98. The first-order valence-corrected chi connectivity index (χ1v) is 15.8. The number of hydrogen-bond acceptors (Lipinski definition) is 4. The van der Waals surface area contributed by atoms with E-state index in [1.165, 1.54) is 6.07 Å². The van der Waals surface area contributed by atoms with E-state index in [0.717, 1.165) is 31.4 Å². The molecular formula is C33H38F10O4. The fourth-order valence-electron chi connectivity index (χ4n) is 6.10. The highest BCUT2D eigenvalue weighted by Gasteiger charge is 2.47. The zero-order chi connectivity index (χ0) is 34.4. The maximum Gasteiger partial charge on any atom is 0.573 e. The Morgan fingerprint density at radius 3 is 1.87 bits per heavy atom. The van der Waals surface area contributed by atoms with Crippen molar-refractivity contribution in [3.05, 3.63) is 58.9 Å². The van der Waals surface area contributed by atoms with Gasteiger partial charge in [-0.2, -0.15) is 17.6 Å². The summed E-state index contributed by atoms with van der Waals surface area (Å²) < 4.78 is 158. The number of rotatable bonds is 14. The maximum absolute atomic E-state index is 15.1. The smallest absolute Gasteiger partial charge is 0.493 e. The van der Waals surface area contributed by atoms with E-state index in [1.807, 2.05) is 6.92 Å². The molecule has 0 heterocycles. The first-order chi connectivity index (χ1) is 22.1. The predicted molar refractivity (Wildman–Crippen MR) is 151 cm³/mol. The molecule has 47 heavy (non-hydrogen) atoms. The largest absolute Gasteiger partial charge is 0.573 e. The highest BCUT2D eigenvalue weighted by molar-refractivity contribution is 5.35. The molecule has 2 aromatic rings. The Morgan fingerprint density at radius 2 is 1.30 bits per heavy atom. The molecule has 0 N–H and O–H groups in total. The number of hydrogen-bond donors (Lipinski definition) is 0. The fourth-order valence-corrected chi connectivity index (χ4v) is 6.10. The van der Waals surface area contributed by atoms with Crippen molar-refractivity contribution in [2.45, 2.75) is 115 Å². The lowest BCUT2D eigenvalue weighted by Crippen LogP contribution is -2.41. The molecular weight excluding hydrogens is 650 g/mol. The highest BCUT2D eigenvalue weighted by Crippen LogP contribution is 2.43. The van der Waals surface area contributed by atoms with E-state index in [1.54, 1.807) is 0 Å². The first-order valence-electron chi connectivity index (χ1n) is 15.8. The second kappa shape index (κ2) is 15.7. The molecule has 264 valence electrons. The van der Waals surface area contributed by atoms with Crippen LogP contribution in [0.15, 0.2) is 30.3 Å². The van der Waals surface area contributed by atoms with Crippen molar-refractivity contribution in [1.29, 1.82) is 0 Å². The second-order valence-corrected chi connectivity index (χ2v) is 12.3. The third-order valence-electron chi connectivity index (χ3n) is 8.67. The van der Waals surface area contributed by atoms with Crippen LogP contribution >= 0.6 is 0 Å². The monoisotopic (exact) mass is 688 g/mol. The van der Waals surface area contributed by atoms with Gasteiger partial charge in [0.25, 0.3) is 0 Å². The molecule has 2 fully saturated rings. The predicted octanol–water partition coefficient (Wildman–Crippen LogP) is 10.6. The van der Waals surface area contributed by atoms with Crippen LogP contribution in [0.1, 0.15) is 88.7 Å². The van der Waals surface area contributed by atoms with Crippen LogP contribution in [-0.2, 0) is 22.0 Å². The Hall–Kier alpha value is -2.74. The number of benzene rings is 2. The standard InChI is InChI=1S/C33H38F10O4/c1-2-3-4-5-20-8-15-26(27(34)16-20)32(39,40)46-24-13-9-22(10-14-24)31(37,38)45-23-11-6-21(7-12-23)19-44-25-17-28(35)30(29(36)18-25)47-33(41,42)43/h8,15-18,21-24H,2-7,9-14,19H2,1H3. The zero-order valence-corrected chi connectivity index (χ0v) is 25.8. The molecule has 2 aliphatic rings. The lowest BCUT2D eigenvalue weighted by molar-refractivity contribution is -0.312. The minimum atomic E-state index is -5.28. The van der Waals surface area contributed by atoms with Crippen LogP contribution in [0.3, 0.4) is 0 Å². The van der Waals surface area contributed by atoms with E-state index < -0.39 is 65.5 Å². The number of ether oxygens (including phenoxy) is 4. The van der Waals surface area contributed by atoms with Gasteiger partial charge < -0.3 is 18.9 Å². The van der Waals surface area contributed by atoms with Gasteiger partial charge in [0.1, 0.15) is 11.6 Å². The van der Waals surface area contributed by atoms with Crippen molar-refractivity contribution in [3.8, 4) is 11.5 Å². The molecule has 2 saturated carbocycles. The van der Waals surface area contributed by atoms with Crippen LogP contribution in [-0.4, -0.2) is 31.3 Å². The molecule has 4 rings (SSSR count). The maximum atomic E-state index is 15.1. The minimum absolute atomic E-state index is 0.0525. The van der Waals surface area contributed by atoms with Crippen molar-refractivity contribution >= 4 is 0 Å². The van der Waals surface area contributed by atoms with Crippen LogP contribution in [0.2, 0.25) is 0 Å². The summed E-state index contributed by atoms with van der Waals surface area (Å²) in [6.45, 7) is 1.97. The minimum Gasteiger partial charge on any atom is -0.493 e. The number of unbranched alkanes of at least 4 members (excludes halogenated alkanes) is 2. The third kappa shape index (κ3) is 10.6. The van der Waals surface area contributed by atoms with E-state index >= 15 is 8.78 Å². The Morgan fingerprint density at radius 1 is 0.702 bits per heavy atom. The van der Waals surface area contributed by atoms with Crippen LogP contribution < -0.4 is 9.47 Å². The Kier molecular flexibility index (Phi) is 12.3. The summed E-state index contributed by atoms with van der Waals surface area (Å²) in [7, 11) is 0. The van der Waals surface area contributed by atoms with Gasteiger partial charge in [-0.05, 0) is 87.8 Å². The van der Waals surface area contributed by atoms with Gasteiger partial charge in [0.05, 0.1) is 30.3 Å². The molecule has 0 aromatic heterocycles. The molecule has 14 heteroatoms. The molecule has 0 aliphatic heterocycles. The van der Waals surface area contributed by atoms with Crippen molar-refractivity contribution < 1.29 is 62.9 Å². The molecule has 0 radical (unpaired) electrons. The van der Waals surface area contributed by atoms with Gasteiger partial charge >= 0.3 is 18.6 Å². The molecule has 2 aliphatic carbocycles. The quantitative estimate of drug-likeness (QED) is 0.146. The molecule has 0 atom stereocenters. The molecule has 0 bridgehead atoms. The molecule has 0 saturated heterocycles. The van der Waals surface area contributed by atoms with E-state index in [9.17, 15) is 35.1 Å². The van der Waals surface area contributed by atoms with Gasteiger partial charge in [0, 0.05) is 12.1 Å². The SMILES string of the molecule is CCCCCc1ccc(C(F)(F)OC2CCC(C(F)(F)OC3CCC(COc4cc(F)c(OC(F)(F)F)c(F)c4)CC3)CC2)c(F)c1.